The molecule has 0 aliphatic carbocycles. The fourth-order valence-electron chi connectivity index (χ4n) is 0.377. The van der Waals surface area contributed by atoms with Crippen LogP contribution in [0.15, 0.2) is 0 Å². The van der Waals surface area contributed by atoms with Crippen LogP contribution in [0.1, 0.15) is 19.8 Å². The largest absolute Gasteiger partial charge is 0.380 e. The summed E-state index contributed by atoms with van der Waals surface area (Å²) in [5, 5.41) is 0. The van der Waals surface area contributed by atoms with Crippen LogP contribution in [0.3, 0.4) is 0 Å². The molecule has 0 radical (unpaired) electrons. The van der Waals surface area contributed by atoms with Gasteiger partial charge in [0.15, 0.2) is 0 Å². The van der Waals surface area contributed by atoms with Gasteiger partial charge in [-0.15, -0.1) is 12.3 Å². The van der Waals surface area contributed by atoms with E-state index in [9.17, 15) is 0 Å². The average Bonchev–Trinajstić information content (AvgIpc) is 1.81. The van der Waals surface area contributed by atoms with Crippen LogP contribution in [0.4, 0.5) is 0 Å². The Morgan fingerprint density at radius 2 is 2.25 bits per heavy atom. The SMILES string of the molecule is C#CCCOCCC. The van der Waals surface area contributed by atoms with Crippen molar-refractivity contribution in [2.24, 2.45) is 0 Å². The molecule has 0 aliphatic rings. The summed E-state index contributed by atoms with van der Waals surface area (Å²) in [6.45, 7) is 3.63. The predicted octanol–water partition coefficient (Wildman–Crippen LogP) is 1.44. The zero-order valence-corrected chi connectivity index (χ0v) is 5.31. The van der Waals surface area contributed by atoms with Gasteiger partial charge in [0.1, 0.15) is 0 Å². The minimum atomic E-state index is 0.713. The minimum Gasteiger partial charge on any atom is -0.380 e. The molecule has 0 saturated heterocycles. The van der Waals surface area contributed by atoms with Crippen LogP contribution in [0.5, 0.6) is 0 Å². The zero-order chi connectivity index (χ0) is 6.24. The average molecular weight is 112 g/mol. The number of ether oxygens (including phenoxy) is 1. The molecule has 0 heterocycles. The summed E-state index contributed by atoms with van der Waals surface area (Å²) >= 11 is 0. The van der Waals surface area contributed by atoms with E-state index in [0.29, 0.717) is 6.61 Å². The standard InChI is InChI=1S/C7H12O/c1-3-5-7-8-6-4-2/h1H,4-7H2,2H3. The summed E-state index contributed by atoms with van der Waals surface area (Å²) in [5.41, 5.74) is 0. The normalized spacial score (nSPS) is 8.50. The van der Waals surface area contributed by atoms with Gasteiger partial charge in [-0.2, -0.15) is 0 Å². The van der Waals surface area contributed by atoms with Gasteiger partial charge in [0.25, 0.3) is 0 Å². The van der Waals surface area contributed by atoms with Crippen molar-refractivity contribution >= 4 is 0 Å². The number of terminal acetylenes is 1. The quantitative estimate of drug-likeness (QED) is 0.395. The molecule has 46 valence electrons. The maximum absolute atomic E-state index is 5.08. The molecule has 0 aromatic heterocycles. The Morgan fingerprint density at radius 3 is 2.75 bits per heavy atom. The van der Waals surface area contributed by atoms with Crippen molar-refractivity contribution in [3.63, 3.8) is 0 Å². The highest BCUT2D eigenvalue weighted by Crippen LogP contribution is 1.81. The Labute approximate surface area is 51.0 Å². The highest BCUT2D eigenvalue weighted by atomic mass is 16.5. The summed E-state index contributed by atoms with van der Waals surface area (Å²) in [6.07, 6.45) is 6.79. The highest BCUT2D eigenvalue weighted by molar-refractivity contribution is 4.82. The van der Waals surface area contributed by atoms with Crippen molar-refractivity contribution in [2.45, 2.75) is 19.8 Å². The van der Waals surface area contributed by atoms with Crippen LogP contribution < -0.4 is 0 Å². The Bertz CT molecular complexity index is 70.9. The maximum atomic E-state index is 5.08. The second-order valence-electron chi connectivity index (χ2n) is 1.57. The van der Waals surface area contributed by atoms with E-state index >= 15 is 0 Å². The second kappa shape index (κ2) is 6.52. The van der Waals surface area contributed by atoms with Gasteiger partial charge in [0, 0.05) is 13.0 Å². The van der Waals surface area contributed by atoms with Gasteiger partial charge in [-0.1, -0.05) is 6.92 Å². The molecular weight excluding hydrogens is 100 g/mol. The second-order valence-corrected chi connectivity index (χ2v) is 1.57. The lowest BCUT2D eigenvalue weighted by Crippen LogP contribution is -1.93. The third kappa shape index (κ3) is 5.52. The molecule has 0 aliphatic heterocycles. The van der Waals surface area contributed by atoms with Crippen molar-refractivity contribution in [3.8, 4) is 12.3 Å². The van der Waals surface area contributed by atoms with E-state index in [0.717, 1.165) is 19.4 Å². The van der Waals surface area contributed by atoms with E-state index in [1.807, 2.05) is 0 Å². The molecule has 0 saturated carbocycles. The number of hydrogen-bond donors (Lipinski definition) is 0. The first-order valence-electron chi connectivity index (χ1n) is 2.93. The van der Waals surface area contributed by atoms with Gasteiger partial charge in [0.05, 0.1) is 6.61 Å². The molecule has 1 nitrogen and oxygen atoms in total. The van der Waals surface area contributed by atoms with Crippen LogP contribution in [0, 0.1) is 12.3 Å². The fraction of sp³-hybridized carbons (Fsp3) is 0.714. The smallest absolute Gasteiger partial charge is 0.0575 e. The molecular formula is C7H12O. The van der Waals surface area contributed by atoms with Crippen molar-refractivity contribution in [1.29, 1.82) is 0 Å². The van der Waals surface area contributed by atoms with Crippen molar-refractivity contribution < 1.29 is 4.74 Å². The summed E-state index contributed by atoms with van der Waals surface area (Å²) < 4.78 is 5.08. The van der Waals surface area contributed by atoms with Crippen LogP contribution >= 0.6 is 0 Å². The minimum absolute atomic E-state index is 0.713. The summed E-state index contributed by atoms with van der Waals surface area (Å²) in [5.74, 6) is 2.50. The van der Waals surface area contributed by atoms with Crippen LogP contribution in [-0.2, 0) is 4.74 Å². The van der Waals surface area contributed by atoms with Crippen LogP contribution in [-0.4, -0.2) is 13.2 Å². The molecule has 1 heteroatoms. The highest BCUT2D eigenvalue weighted by Gasteiger charge is 1.79. The summed E-state index contributed by atoms with van der Waals surface area (Å²) in [6, 6.07) is 0. The molecule has 0 aromatic carbocycles. The first-order chi connectivity index (χ1) is 3.91. The van der Waals surface area contributed by atoms with Gasteiger partial charge < -0.3 is 4.74 Å². The van der Waals surface area contributed by atoms with Gasteiger partial charge in [-0.05, 0) is 6.42 Å². The molecule has 8 heavy (non-hydrogen) atoms. The molecule has 0 atom stereocenters. The van der Waals surface area contributed by atoms with Gasteiger partial charge >= 0.3 is 0 Å². The van der Waals surface area contributed by atoms with E-state index < -0.39 is 0 Å². The van der Waals surface area contributed by atoms with Crippen molar-refractivity contribution in [3.05, 3.63) is 0 Å². The summed E-state index contributed by atoms with van der Waals surface area (Å²) in [4.78, 5) is 0. The van der Waals surface area contributed by atoms with E-state index in [2.05, 4.69) is 12.8 Å². The molecule has 0 bridgehead atoms. The maximum Gasteiger partial charge on any atom is 0.0575 e. The fourth-order valence-corrected chi connectivity index (χ4v) is 0.377. The lowest BCUT2D eigenvalue weighted by atomic mass is 10.5. The molecule has 0 aromatic rings. The monoisotopic (exact) mass is 112 g/mol. The molecule has 0 unspecified atom stereocenters. The van der Waals surface area contributed by atoms with E-state index in [1.165, 1.54) is 0 Å². The summed E-state index contributed by atoms with van der Waals surface area (Å²) in [7, 11) is 0. The Balaban J connectivity index is 2.65. The van der Waals surface area contributed by atoms with E-state index in [1.54, 1.807) is 0 Å². The first kappa shape index (κ1) is 7.52. The van der Waals surface area contributed by atoms with E-state index in [4.69, 9.17) is 11.2 Å². The lowest BCUT2D eigenvalue weighted by Gasteiger charge is -1.95. The topological polar surface area (TPSA) is 9.23 Å². The van der Waals surface area contributed by atoms with Gasteiger partial charge in [-0.25, -0.2) is 0 Å². The third-order valence-electron chi connectivity index (χ3n) is 0.739. The molecule has 0 fully saturated rings. The Hall–Kier alpha value is -0.480. The Morgan fingerprint density at radius 1 is 1.50 bits per heavy atom. The third-order valence-corrected chi connectivity index (χ3v) is 0.739. The first-order valence-corrected chi connectivity index (χ1v) is 2.93. The Kier molecular flexibility index (Phi) is 6.13. The van der Waals surface area contributed by atoms with Crippen LogP contribution in [0.2, 0.25) is 0 Å². The van der Waals surface area contributed by atoms with Crippen LogP contribution in [0.25, 0.3) is 0 Å². The number of hydrogen-bond acceptors (Lipinski definition) is 1. The molecule has 0 spiro atoms. The molecule has 0 N–H and O–H groups in total. The van der Waals surface area contributed by atoms with Gasteiger partial charge in [-0.3, -0.25) is 0 Å². The molecule has 0 rings (SSSR count). The lowest BCUT2D eigenvalue weighted by molar-refractivity contribution is 0.140. The van der Waals surface area contributed by atoms with E-state index in [-0.39, 0.29) is 0 Å². The van der Waals surface area contributed by atoms with Gasteiger partial charge in [0.2, 0.25) is 0 Å². The zero-order valence-electron chi connectivity index (χ0n) is 5.31. The molecule has 0 amide bonds. The van der Waals surface area contributed by atoms with Crippen molar-refractivity contribution in [2.75, 3.05) is 13.2 Å². The van der Waals surface area contributed by atoms with Crippen molar-refractivity contribution in [1.82, 2.24) is 0 Å². The predicted molar refractivity (Wildman–Crippen MR) is 34.6 cm³/mol. The number of rotatable bonds is 4.